The molecule has 2 bridgehead atoms. The quantitative estimate of drug-likeness (QED) is 0.468. The standard InChI is InChI=1S/C27H26N2O7/c1-2-35-26(33)15-5-9-19(10-6-15)28-21(30)14-36-27(34)16-7-11-20(12-8-16)29-24(31)22-17-3-4-18(13-17)23(22)25(29)32/h5-12,17-18,22-23H,2-4,13-14H2,1H3,(H,28,30)/t17-,18-,22+,23+/m0/s1. The van der Waals surface area contributed by atoms with Gasteiger partial charge in [0.05, 0.1) is 35.3 Å². The zero-order valence-electron chi connectivity index (χ0n) is 19.8. The van der Waals surface area contributed by atoms with Crippen LogP contribution < -0.4 is 10.2 Å². The molecule has 0 spiro atoms. The molecule has 5 rings (SSSR count). The third kappa shape index (κ3) is 4.25. The molecule has 36 heavy (non-hydrogen) atoms. The van der Waals surface area contributed by atoms with Gasteiger partial charge in [0.25, 0.3) is 5.91 Å². The lowest BCUT2D eigenvalue weighted by molar-refractivity contribution is -0.123. The summed E-state index contributed by atoms with van der Waals surface area (Å²) in [4.78, 5) is 63.4. The number of carbonyl (C=O) groups is 5. The predicted molar refractivity (Wildman–Crippen MR) is 128 cm³/mol. The third-order valence-electron chi connectivity index (χ3n) is 7.30. The molecule has 186 valence electrons. The molecule has 0 radical (unpaired) electrons. The molecule has 0 aromatic heterocycles. The van der Waals surface area contributed by atoms with Gasteiger partial charge in [-0.2, -0.15) is 0 Å². The first kappa shape index (κ1) is 23.7. The van der Waals surface area contributed by atoms with Crippen LogP contribution in [0.5, 0.6) is 0 Å². The van der Waals surface area contributed by atoms with Crippen molar-refractivity contribution < 1.29 is 33.4 Å². The number of anilines is 2. The van der Waals surface area contributed by atoms with Gasteiger partial charge in [-0.1, -0.05) is 0 Å². The smallest absolute Gasteiger partial charge is 0.338 e. The number of hydrogen-bond acceptors (Lipinski definition) is 7. The predicted octanol–water partition coefficient (Wildman–Crippen LogP) is 3.19. The van der Waals surface area contributed by atoms with E-state index in [0.29, 0.717) is 28.8 Å². The first-order valence-electron chi connectivity index (χ1n) is 12.1. The van der Waals surface area contributed by atoms with E-state index in [1.54, 1.807) is 31.2 Å². The minimum absolute atomic E-state index is 0.139. The topological polar surface area (TPSA) is 119 Å². The summed E-state index contributed by atoms with van der Waals surface area (Å²) >= 11 is 0. The molecule has 1 aliphatic heterocycles. The van der Waals surface area contributed by atoms with Crippen molar-refractivity contribution in [1.29, 1.82) is 0 Å². The van der Waals surface area contributed by atoms with Gasteiger partial charge in [-0.05, 0) is 86.6 Å². The lowest BCUT2D eigenvalue weighted by atomic mass is 9.81. The SMILES string of the molecule is CCOC(=O)c1ccc(NC(=O)COC(=O)c2ccc(N3C(=O)[C@@H]4[C@H]5CC[C@@H](C5)[C@H]4C3=O)cc2)cc1. The minimum atomic E-state index is -0.705. The van der Waals surface area contributed by atoms with Crippen LogP contribution in [0, 0.1) is 23.7 Å². The van der Waals surface area contributed by atoms with Crippen LogP contribution in [0.3, 0.4) is 0 Å². The highest BCUT2D eigenvalue weighted by Crippen LogP contribution is 2.56. The Kier molecular flexibility index (Phi) is 6.30. The number of carbonyl (C=O) groups excluding carboxylic acids is 5. The van der Waals surface area contributed by atoms with E-state index in [2.05, 4.69) is 5.32 Å². The molecule has 3 fully saturated rings. The number of hydrogen-bond donors (Lipinski definition) is 1. The number of nitrogens with one attached hydrogen (secondary N) is 1. The van der Waals surface area contributed by atoms with Gasteiger partial charge in [0.1, 0.15) is 0 Å². The van der Waals surface area contributed by atoms with Crippen LogP contribution in [0.2, 0.25) is 0 Å². The molecule has 2 aromatic carbocycles. The van der Waals surface area contributed by atoms with Gasteiger partial charge in [-0.25, -0.2) is 9.59 Å². The summed E-state index contributed by atoms with van der Waals surface area (Å²) in [6, 6.07) is 12.2. The van der Waals surface area contributed by atoms with Crippen molar-refractivity contribution in [3.63, 3.8) is 0 Å². The molecular formula is C27H26N2O7. The number of fused-ring (bicyclic) bond motifs is 5. The summed E-state index contributed by atoms with van der Waals surface area (Å²) < 4.78 is 10.00. The van der Waals surface area contributed by atoms with E-state index in [1.165, 1.54) is 29.2 Å². The maximum atomic E-state index is 13.0. The average Bonchev–Trinajstić information content (AvgIpc) is 3.57. The van der Waals surface area contributed by atoms with E-state index in [9.17, 15) is 24.0 Å². The van der Waals surface area contributed by atoms with E-state index in [4.69, 9.17) is 9.47 Å². The van der Waals surface area contributed by atoms with Crippen LogP contribution >= 0.6 is 0 Å². The Morgan fingerprint density at radius 1 is 0.833 bits per heavy atom. The van der Waals surface area contributed by atoms with Crippen molar-refractivity contribution in [2.75, 3.05) is 23.4 Å². The molecule has 2 saturated carbocycles. The molecule has 1 saturated heterocycles. The number of imide groups is 1. The number of benzene rings is 2. The molecule has 9 nitrogen and oxygen atoms in total. The number of esters is 2. The summed E-state index contributed by atoms with van der Waals surface area (Å²) in [5.41, 5.74) is 1.44. The Bertz CT molecular complexity index is 1190. The Balaban J connectivity index is 1.15. The second kappa shape index (κ2) is 9.56. The maximum absolute atomic E-state index is 13.0. The first-order chi connectivity index (χ1) is 17.4. The van der Waals surface area contributed by atoms with Gasteiger partial charge in [0.15, 0.2) is 6.61 Å². The van der Waals surface area contributed by atoms with Crippen molar-refractivity contribution in [3.8, 4) is 0 Å². The number of rotatable bonds is 7. The fraction of sp³-hybridized carbons (Fsp3) is 0.370. The molecule has 2 aliphatic carbocycles. The van der Waals surface area contributed by atoms with Crippen LogP contribution in [-0.4, -0.2) is 42.9 Å². The van der Waals surface area contributed by atoms with E-state index < -0.39 is 24.5 Å². The maximum Gasteiger partial charge on any atom is 0.338 e. The fourth-order valence-electron chi connectivity index (χ4n) is 5.73. The van der Waals surface area contributed by atoms with Gasteiger partial charge in [0, 0.05) is 5.69 Å². The zero-order chi connectivity index (χ0) is 25.4. The molecule has 3 amide bonds. The lowest BCUT2D eigenvalue weighted by Gasteiger charge is -2.19. The van der Waals surface area contributed by atoms with Gasteiger partial charge in [-0.3, -0.25) is 19.3 Å². The fourth-order valence-corrected chi connectivity index (χ4v) is 5.73. The molecule has 3 aliphatic rings. The molecule has 1 heterocycles. The van der Waals surface area contributed by atoms with Crippen molar-refractivity contribution >= 4 is 41.0 Å². The molecule has 1 N–H and O–H groups in total. The highest BCUT2D eigenvalue weighted by molar-refractivity contribution is 6.22. The summed E-state index contributed by atoms with van der Waals surface area (Å²) in [7, 11) is 0. The highest BCUT2D eigenvalue weighted by atomic mass is 16.5. The molecule has 0 unspecified atom stereocenters. The summed E-state index contributed by atoms with van der Waals surface area (Å²) in [5.74, 6) is -1.79. The lowest BCUT2D eigenvalue weighted by Crippen LogP contribution is -2.32. The van der Waals surface area contributed by atoms with Crippen LogP contribution in [0.25, 0.3) is 0 Å². The summed E-state index contributed by atoms with van der Waals surface area (Å²) in [6.07, 6.45) is 2.99. The van der Waals surface area contributed by atoms with Crippen molar-refractivity contribution in [2.45, 2.75) is 26.2 Å². The zero-order valence-corrected chi connectivity index (χ0v) is 19.8. The average molecular weight is 491 g/mol. The first-order valence-corrected chi connectivity index (χ1v) is 12.1. The van der Waals surface area contributed by atoms with Crippen molar-refractivity contribution in [2.24, 2.45) is 23.7 Å². The Morgan fingerprint density at radius 2 is 1.36 bits per heavy atom. The Labute approximate surface area is 207 Å². The van der Waals surface area contributed by atoms with Crippen LogP contribution in [0.15, 0.2) is 48.5 Å². The van der Waals surface area contributed by atoms with Crippen molar-refractivity contribution in [3.05, 3.63) is 59.7 Å². The van der Waals surface area contributed by atoms with Gasteiger partial charge in [-0.15, -0.1) is 0 Å². The summed E-state index contributed by atoms with van der Waals surface area (Å²) in [5, 5.41) is 2.58. The van der Waals surface area contributed by atoms with Crippen molar-refractivity contribution in [1.82, 2.24) is 0 Å². The Morgan fingerprint density at radius 3 is 1.92 bits per heavy atom. The van der Waals surface area contributed by atoms with Crippen LogP contribution in [-0.2, 0) is 23.9 Å². The normalized spacial score (nSPS) is 24.0. The van der Waals surface area contributed by atoms with E-state index >= 15 is 0 Å². The second-order valence-corrected chi connectivity index (χ2v) is 9.37. The van der Waals surface area contributed by atoms with Gasteiger partial charge in [0.2, 0.25) is 11.8 Å². The van der Waals surface area contributed by atoms with Gasteiger partial charge >= 0.3 is 11.9 Å². The van der Waals surface area contributed by atoms with E-state index in [1.807, 2.05) is 0 Å². The minimum Gasteiger partial charge on any atom is -0.462 e. The third-order valence-corrected chi connectivity index (χ3v) is 7.30. The summed E-state index contributed by atoms with van der Waals surface area (Å²) in [6.45, 7) is 1.47. The second-order valence-electron chi connectivity index (χ2n) is 9.37. The molecule has 9 heteroatoms. The van der Waals surface area contributed by atoms with Crippen LogP contribution in [0.4, 0.5) is 11.4 Å². The number of nitrogens with zero attached hydrogens (tertiary/aromatic N) is 1. The molecule has 2 aromatic rings. The largest absolute Gasteiger partial charge is 0.462 e. The molecule has 4 atom stereocenters. The number of ether oxygens (including phenoxy) is 2. The Hall–Kier alpha value is -4.01. The van der Waals surface area contributed by atoms with E-state index in [-0.39, 0.29) is 35.8 Å². The number of amides is 3. The van der Waals surface area contributed by atoms with E-state index in [0.717, 1.165) is 19.3 Å². The van der Waals surface area contributed by atoms with Crippen LogP contribution in [0.1, 0.15) is 46.9 Å². The molecular weight excluding hydrogens is 464 g/mol. The van der Waals surface area contributed by atoms with Gasteiger partial charge < -0.3 is 14.8 Å². The highest BCUT2D eigenvalue weighted by Gasteiger charge is 2.61. The monoisotopic (exact) mass is 490 g/mol.